The second-order valence-electron chi connectivity index (χ2n) is 12.4. The van der Waals surface area contributed by atoms with Crippen LogP contribution in [0.2, 0.25) is 0 Å². The monoisotopic (exact) mass is 478 g/mol. The van der Waals surface area contributed by atoms with Gasteiger partial charge >= 0.3 is 5.97 Å². The first-order chi connectivity index (χ1) is 15.6. The Morgan fingerprint density at radius 1 is 0.824 bits per heavy atom. The topological polar surface area (TPSA) is 91.7 Å². The Hall–Kier alpha value is -1.55. The Morgan fingerprint density at radius 2 is 1.26 bits per heavy atom. The van der Waals surface area contributed by atoms with Gasteiger partial charge in [0.2, 0.25) is 0 Å². The molecular weight excluding hydrogens is 436 g/mol. The van der Waals surface area contributed by atoms with Crippen LogP contribution in [0, 0.1) is 0 Å². The van der Waals surface area contributed by atoms with Crippen LogP contribution in [0.15, 0.2) is 24.3 Å². The van der Waals surface area contributed by atoms with Gasteiger partial charge < -0.3 is 15.2 Å². The molecule has 0 spiro atoms. The smallest absolute Gasteiger partial charge is 0.338 e. The average molecular weight is 479 g/mol. The van der Waals surface area contributed by atoms with E-state index in [1.165, 1.54) is 10.1 Å². The molecule has 2 N–H and O–H groups in total. The average Bonchev–Trinajstić information content (AvgIpc) is 2.69. The van der Waals surface area contributed by atoms with Crippen LogP contribution < -0.4 is 0 Å². The Kier molecular flexibility index (Phi) is 7.54. The first-order valence-corrected chi connectivity index (χ1v) is 12.1. The number of hydroxylamine groups is 4. The normalized spacial score (nSPS) is 25.2. The van der Waals surface area contributed by atoms with Crippen molar-refractivity contribution in [3.63, 3.8) is 0 Å². The van der Waals surface area contributed by atoms with Crippen molar-refractivity contribution in [2.45, 2.75) is 122 Å². The molecule has 0 atom stereocenters. The first kappa shape index (κ1) is 27.0. The molecule has 0 radical (unpaired) electrons. The van der Waals surface area contributed by atoms with Gasteiger partial charge in [0.25, 0.3) is 0 Å². The van der Waals surface area contributed by atoms with E-state index in [-0.39, 0.29) is 18.8 Å². The molecule has 34 heavy (non-hydrogen) atoms. The van der Waals surface area contributed by atoms with E-state index in [9.17, 15) is 15.2 Å². The third-order valence-electron chi connectivity index (χ3n) is 7.13. The summed E-state index contributed by atoms with van der Waals surface area (Å²) in [4.78, 5) is 24.4. The minimum atomic E-state index is -0.505. The van der Waals surface area contributed by atoms with Gasteiger partial charge in [-0.15, -0.1) is 0 Å². The number of esters is 1. The Morgan fingerprint density at radius 3 is 1.76 bits per heavy atom. The van der Waals surface area contributed by atoms with E-state index in [2.05, 4.69) is 0 Å². The summed E-state index contributed by atoms with van der Waals surface area (Å²) < 4.78 is 5.89. The van der Waals surface area contributed by atoms with Crippen molar-refractivity contribution < 1.29 is 29.7 Å². The Balaban J connectivity index is 1.62. The molecule has 3 rings (SSSR count). The number of ether oxygens (including phenoxy) is 1. The van der Waals surface area contributed by atoms with Crippen molar-refractivity contribution in [2.24, 2.45) is 0 Å². The van der Waals surface area contributed by atoms with E-state index >= 15 is 0 Å². The molecule has 2 fully saturated rings. The molecular formula is C26H42N2O6. The van der Waals surface area contributed by atoms with Gasteiger partial charge in [-0.1, -0.05) is 18.2 Å². The van der Waals surface area contributed by atoms with E-state index in [1.54, 1.807) is 12.1 Å². The minimum absolute atomic E-state index is 0.109. The zero-order valence-electron chi connectivity index (χ0n) is 21.9. The van der Waals surface area contributed by atoms with Crippen LogP contribution in [0.3, 0.4) is 0 Å². The highest BCUT2D eigenvalue weighted by atomic mass is 17.2. The molecule has 0 bridgehead atoms. The molecule has 2 heterocycles. The number of hydrogen-bond donors (Lipinski definition) is 2. The lowest BCUT2D eigenvalue weighted by Gasteiger charge is -2.50. The van der Waals surface area contributed by atoms with Gasteiger partial charge in [-0.05, 0) is 79.9 Å². The number of nitrogens with zero attached hydrogens (tertiary/aromatic N) is 2. The molecule has 1 aromatic rings. The highest BCUT2D eigenvalue weighted by molar-refractivity contribution is 5.91. The van der Waals surface area contributed by atoms with Crippen molar-refractivity contribution >= 4 is 5.97 Å². The molecule has 8 nitrogen and oxygen atoms in total. The molecule has 2 aliphatic heterocycles. The van der Waals surface area contributed by atoms with Gasteiger partial charge in [0.05, 0.1) is 11.7 Å². The highest BCUT2D eigenvalue weighted by Crippen LogP contribution is 2.39. The van der Waals surface area contributed by atoms with Crippen molar-refractivity contribution in [1.82, 2.24) is 10.1 Å². The Labute approximate surface area is 203 Å². The van der Waals surface area contributed by atoms with Crippen LogP contribution in [-0.2, 0) is 21.1 Å². The number of hydrogen-bond acceptors (Lipinski definition) is 8. The first-order valence-electron chi connectivity index (χ1n) is 12.1. The van der Waals surface area contributed by atoms with E-state index in [1.807, 2.05) is 67.5 Å². The van der Waals surface area contributed by atoms with Crippen molar-refractivity contribution in [3.8, 4) is 0 Å². The quantitative estimate of drug-likeness (QED) is 0.331. The van der Waals surface area contributed by atoms with Gasteiger partial charge in [0.1, 0.15) is 12.7 Å². The second-order valence-corrected chi connectivity index (χ2v) is 12.4. The van der Waals surface area contributed by atoms with Crippen molar-refractivity contribution in [2.75, 3.05) is 0 Å². The maximum atomic E-state index is 13.1. The molecule has 0 unspecified atom stereocenters. The predicted octanol–water partition coefficient (Wildman–Crippen LogP) is 5.11. The second kappa shape index (κ2) is 9.48. The Bertz CT molecular complexity index is 846. The fourth-order valence-electron chi connectivity index (χ4n) is 5.76. The van der Waals surface area contributed by atoms with E-state index in [0.29, 0.717) is 36.8 Å². The summed E-state index contributed by atoms with van der Waals surface area (Å²) in [5, 5.41) is 23.7. The lowest BCUT2D eigenvalue weighted by atomic mass is 9.80. The fourth-order valence-corrected chi connectivity index (χ4v) is 5.76. The van der Waals surface area contributed by atoms with Gasteiger partial charge in [-0.2, -0.15) is 10.1 Å². The van der Waals surface area contributed by atoms with E-state index < -0.39 is 28.1 Å². The summed E-state index contributed by atoms with van der Waals surface area (Å²) in [6.45, 7) is 15.8. The van der Waals surface area contributed by atoms with E-state index in [4.69, 9.17) is 14.5 Å². The number of rotatable bonds is 6. The summed E-state index contributed by atoms with van der Waals surface area (Å²) in [6.07, 6.45) is 1.82. The lowest BCUT2D eigenvalue weighted by molar-refractivity contribution is -0.363. The highest BCUT2D eigenvalue weighted by Gasteiger charge is 2.47. The standard InChI is InChI=1S/C26H42N2O6/c1-23(2)13-19(14-24(3,4)27(23)30)33-22(29)21-12-10-9-11-18(21)17-32-34-20-15-25(5,6)28(31)26(7,8)16-20/h9-12,19-20,30-31H,13-17H2,1-8H3. The van der Waals surface area contributed by atoms with E-state index in [0.717, 1.165) is 0 Å². The summed E-state index contributed by atoms with van der Waals surface area (Å²) in [5.41, 5.74) is -0.765. The maximum absolute atomic E-state index is 13.1. The molecule has 8 heteroatoms. The summed E-state index contributed by atoms with van der Waals surface area (Å²) >= 11 is 0. The molecule has 0 amide bonds. The van der Waals surface area contributed by atoms with Crippen LogP contribution in [0.25, 0.3) is 0 Å². The zero-order chi connectivity index (χ0) is 25.5. The minimum Gasteiger partial charge on any atom is -0.459 e. The number of carbonyl (C=O) groups is 1. The zero-order valence-corrected chi connectivity index (χ0v) is 21.9. The van der Waals surface area contributed by atoms with Crippen LogP contribution in [0.4, 0.5) is 0 Å². The molecule has 192 valence electrons. The third-order valence-corrected chi connectivity index (χ3v) is 7.13. The lowest BCUT2D eigenvalue weighted by Crippen LogP contribution is -2.60. The molecule has 0 aromatic heterocycles. The van der Waals surface area contributed by atoms with Crippen LogP contribution in [0.1, 0.15) is 97.0 Å². The van der Waals surface area contributed by atoms with Gasteiger partial charge in [-0.3, -0.25) is 0 Å². The predicted molar refractivity (Wildman–Crippen MR) is 127 cm³/mol. The number of benzene rings is 1. The summed E-state index contributed by atoms with van der Waals surface area (Å²) in [7, 11) is 0. The van der Waals surface area contributed by atoms with Gasteiger partial charge in [0.15, 0.2) is 0 Å². The molecule has 0 saturated carbocycles. The SMILES string of the molecule is CC1(C)CC(OOCc2ccccc2C(=O)OC2CC(C)(C)N(O)C(C)(C)C2)CC(C)(C)N1O. The fraction of sp³-hybridized carbons (Fsp3) is 0.731. The summed E-state index contributed by atoms with van der Waals surface area (Å²) in [5.74, 6) is -0.405. The largest absolute Gasteiger partial charge is 0.459 e. The molecule has 1 aromatic carbocycles. The third kappa shape index (κ3) is 5.80. The van der Waals surface area contributed by atoms with Crippen LogP contribution >= 0.6 is 0 Å². The maximum Gasteiger partial charge on any atom is 0.338 e. The molecule has 0 aliphatic carbocycles. The number of piperidine rings is 2. The van der Waals surface area contributed by atoms with Gasteiger partial charge in [-0.25, -0.2) is 14.6 Å². The molecule has 2 aliphatic rings. The van der Waals surface area contributed by atoms with Crippen LogP contribution in [-0.4, -0.2) is 60.9 Å². The van der Waals surface area contributed by atoms with Crippen LogP contribution in [0.5, 0.6) is 0 Å². The van der Waals surface area contributed by atoms with Crippen molar-refractivity contribution in [3.05, 3.63) is 35.4 Å². The number of carbonyl (C=O) groups excluding carboxylic acids is 1. The summed E-state index contributed by atoms with van der Waals surface area (Å²) in [6, 6.07) is 7.21. The van der Waals surface area contributed by atoms with Gasteiger partial charge in [0, 0.05) is 35.0 Å². The van der Waals surface area contributed by atoms with Crippen molar-refractivity contribution in [1.29, 1.82) is 0 Å². The molecule has 2 saturated heterocycles.